The summed E-state index contributed by atoms with van der Waals surface area (Å²) < 4.78 is 26.7. The smallest absolute Gasteiger partial charge is 0.244 e. The first kappa shape index (κ1) is 14.5. The molecule has 1 aromatic rings. The number of aromatic nitrogens is 1. The topological polar surface area (TPSA) is 76.6 Å². The molecule has 1 saturated heterocycles. The van der Waals surface area contributed by atoms with E-state index in [9.17, 15) is 8.42 Å². The van der Waals surface area contributed by atoms with Crippen molar-refractivity contribution in [2.24, 2.45) is 0 Å². The molecule has 0 spiro atoms. The molecule has 0 aliphatic carbocycles. The van der Waals surface area contributed by atoms with E-state index in [1.165, 1.54) is 12.3 Å². The van der Waals surface area contributed by atoms with Crippen LogP contribution in [0.2, 0.25) is 0 Å². The predicted octanol–water partition coefficient (Wildman–Crippen LogP) is 0.222. The summed E-state index contributed by atoms with van der Waals surface area (Å²) in [5.74, 6) is 0. The van der Waals surface area contributed by atoms with Crippen molar-refractivity contribution in [2.45, 2.75) is 30.4 Å². The minimum atomic E-state index is -3.46. The molecule has 1 atom stereocenters. The molecule has 1 unspecified atom stereocenters. The molecular weight excluding hydrogens is 266 g/mol. The number of aliphatic hydroxyl groups excluding tert-OH is 1. The van der Waals surface area contributed by atoms with Crippen LogP contribution in [0.1, 0.15) is 18.5 Å². The van der Waals surface area contributed by atoms with Crippen molar-refractivity contribution in [1.82, 2.24) is 14.2 Å². The zero-order valence-corrected chi connectivity index (χ0v) is 12.2. The van der Waals surface area contributed by atoms with Crippen molar-refractivity contribution in [3.8, 4) is 0 Å². The maximum absolute atomic E-state index is 12.6. The fraction of sp³-hybridized carbons (Fsp3) is 0.667. The quantitative estimate of drug-likeness (QED) is 0.812. The van der Waals surface area contributed by atoms with Crippen molar-refractivity contribution in [3.63, 3.8) is 0 Å². The standard InChI is InChI=1S/C12H21N3O3S/c1-14(2)8-11-4-3-5-15(11)19(17,18)12-6-10(9-16)13-7-12/h6-7,11,13,16H,3-5,8-9H2,1-2H3. The summed E-state index contributed by atoms with van der Waals surface area (Å²) in [6.07, 6.45) is 3.25. The maximum atomic E-state index is 12.6. The van der Waals surface area contributed by atoms with Crippen LogP contribution < -0.4 is 0 Å². The number of likely N-dealkylation sites (N-methyl/N-ethyl adjacent to an activating group) is 1. The Morgan fingerprint density at radius 1 is 1.53 bits per heavy atom. The third kappa shape index (κ3) is 3.00. The van der Waals surface area contributed by atoms with Gasteiger partial charge in [-0.3, -0.25) is 0 Å². The van der Waals surface area contributed by atoms with Gasteiger partial charge >= 0.3 is 0 Å². The molecule has 6 nitrogen and oxygen atoms in total. The number of rotatable bonds is 5. The van der Waals surface area contributed by atoms with Gasteiger partial charge in [-0.25, -0.2) is 8.42 Å². The average molecular weight is 287 g/mol. The number of aromatic amines is 1. The molecule has 0 amide bonds. The Morgan fingerprint density at radius 2 is 2.26 bits per heavy atom. The van der Waals surface area contributed by atoms with Crippen molar-refractivity contribution in [2.75, 3.05) is 27.2 Å². The molecule has 0 saturated carbocycles. The molecule has 7 heteroatoms. The van der Waals surface area contributed by atoms with E-state index in [0.29, 0.717) is 12.2 Å². The summed E-state index contributed by atoms with van der Waals surface area (Å²) in [5, 5.41) is 9.01. The Balaban J connectivity index is 2.23. The third-order valence-electron chi connectivity index (χ3n) is 3.39. The van der Waals surface area contributed by atoms with E-state index >= 15 is 0 Å². The van der Waals surface area contributed by atoms with Gasteiger partial charge in [0.25, 0.3) is 0 Å². The lowest BCUT2D eigenvalue weighted by Crippen LogP contribution is -2.41. The van der Waals surface area contributed by atoms with E-state index in [0.717, 1.165) is 19.4 Å². The number of nitrogens with one attached hydrogen (secondary N) is 1. The Bertz CT molecular complexity index is 524. The zero-order valence-electron chi connectivity index (χ0n) is 11.3. The average Bonchev–Trinajstić information content (AvgIpc) is 2.95. The number of hydrogen-bond acceptors (Lipinski definition) is 4. The van der Waals surface area contributed by atoms with Gasteiger partial charge in [0, 0.05) is 31.0 Å². The maximum Gasteiger partial charge on any atom is 0.244 e. The minimum Gasteiger partial charge on any atom is -0.390 e. The number of hydrogen-bond donors (Lipinski definition) is 2. The largest absolute Gasteiger partial charge is 0.390 e. The summed E-state index contributed by atoms with van der Waals surface area (Å²) >= 11 is 0. The summed E-state index contributed by atoms with van der Waals surface area (Å²) in [5.41, 5.74) is 0.516. The van der Waals surface area contributed by atoms with Gasteiger partial charge in [-0.05, 0) is 33.0 Å². The fourth-order valence-electron chi connectivity index (χ4n) is 2.52. The van der Waals surface area contributed by atoms with Crippen LogP contribution in [-0.4, -0.2) is 60.9 Å². The Kier molecular flexibility index (Phi) is 4.29. The van der Waals surface area contributed by atoms with Crippen molar-refractivity contribution in [3.05, 3.63) is 18.0 Å². The highest BCUT2D eigenvalue weighted by molar-refractivity contribution is 7.89. The van der Waals surface area contributed by atoms with Gasteiger partial charge in [-0.1, -0.05) is 0 Å². The molecule has 1 fully saturated rings. The molecule has 0 aromatic carbocycles. The van der Waals surface area contributed by atoms with E-state index in [2.05, 4.69) is 4.98 Å². The Labute approximate surface area is 114 Å². The van der Waals surface area contributed by atoms with E-state index in [1.54, 1.807) is 4.31 Å². The normalized spacial score (nSPS) is 21.4. The van der Waals surface area contributed by atoms with Crippen LogP contribution in [0.4, 0.5) is 0 Å². The molecule has 1 aliphatic rings. The molecular formula is C12H21N3O3S. The van der Waals surface area contributed by atoms with Crippen LogP contribution in [0.25, 0.3) is 0 Å². The second-order valence-corrected chi connectivity index (χ2v) is 7.08. The predicted molar refractivity (Wildman–Crippen MR) is 72.2 cm³/mol. The van der Waals surface area contributed by atoms with Gasteiger partial charge in [-0.2, -0.15) is 4.31 Å². The van der Waals surface area contributed by atoms with Crippen molar-refractivity contribution >= 4 is 10.0 Å². The molecule has 0 bridgehead atoms. The van der Waals surface area contributed by atoms with Crippen LogP contribution in [0.5, 0.6) is 0 Å². The number of sulfonamides is 1. The summed E-state index contributed by atoms with van der Waals surface area (Å²) in [6.45, 7) is 1.12. The third-order valence-corrected chi connectivity index (χ3v) is 5.32. The van der Waals surface area contributed by atoms with E-state index in [1.807, 2.05) is 19.0 Å². The van der Waals surface area contributed by atoms with Gasteiger partial charge in [0.15, 0.2) is 0 Å². The minimum absolute atomic E-state index is 0.0347. The van der Waals surface area contributed by atoms with Crippen LogP contribution in [-0.2, 0) is 16.6 Å². The highest BCUT2D eigenvalue weighted by atomic mass is 32.2. The van der Waals surface area contributed by atoms with E-state index in [-0.39, 0.29) is 17.5 Å². The monoisotopic (exact) mass is 287 g/mol. The van der Waals surface area contributed by atoms with Crippen LogP contribution in [0.15, 0.2) is 17.2 Å². The lowest BCUT2D eigenvalue weighted by molar-refractivity contribution is 0.277. The van der Waals surface area contributed by atoms with Gasteiger partial charge in [0.05, 0.1) is 11.5 Å². The molecule has 108 valence electrons. The van der Waals surface area contributed by atoms with Gasteiger partial charge in [0.1, 0.15) is 0 Å². The highest BCUT2D eigenvalue weighted by Gasteiger charge is 2.35. The lowest BCUT2D eigenvalue weighted by Gasteiger charge is -2.25. The highest BCUT2D eigenvalue weighted by Crippen LogP contribution is 2.26. The first-order valence-corrected chi connectivity index (χ1v) is 7.84. The van der Waals surface area contributed by atoms with Crippen LogP contribution in [0, 0.1) is 0 Å². The van der Waals surface area contributed by atoms with E-state index in [4.69, 9.17) is 5.11 Å². The Hall–Kier alpha value is -0.890. The van der Waals surface area contributed by atoms with E-state index < -0.39 is 10.0 Å². The Morgan fingerprint density at radius 3 is 2.84 bits per heavy atom. The molecule has 19 heavy (non-hydrogen) atoms. The fourth-order valence-corrected chi connectivity index (χ4v) is 4.23. The van der Waals surface area contributed by atoms with Crippen molar-refractivity contribution in [1.29, 1.82) is 0 Å². The van der Waals surface area contributed by atoms with Gasteiger partial charge in [0.2, 0.25) is 10.0 Å². The molecule has 2 N–H and O–H groups in total. The molecule has 1 aromatic heterocycles. The molecule has 2 heterocycles. The summed E-state index contributed by atoms with van der Waals surface area (Å²) in [4.78, 5) is 5.02. The lowest BCUT2D eigenvalue weighted by atomic mass is 10.2. The van der Waals surface area contributed by atoms with Crippen LogP contribution >= 0.6 is 0 Å². The number of H-pyrrole nitrogens is 1. The molecule has 1 aliphatic heterocycles. The number of nitrogens with zero attached hydrogens (tertiary/aromatic N) is 2. The van der Waals surface area contributed by atoms with Crippen molar-refractivity contribution < 1.29 is 13.5 Å². The molecule has 0 radical (unpaired) electrons. The first-order chi connectivity index (χ1) is 8.95. The second-order valence-electron chi connectivity index (χ2n) is 5.19. The summed E-state index contributed by atoms with van der Waals surface area (Å²) in [6, 6.07) is 1.54. The van der Waals surface area contributed by atoms with Gasteiger partial charge in [-0.15, -0.1) is 0 Å². The first-order valence-electron chi connectivity index (χ1n) is 6.40. The summed E-state index contributed by atoms with van der Waals surface area (Å²) in [7, 11) is 0.437. The SMILES string of the molecule is CN(C)CC1CCCN1S(=O)(=O)c1c[nH]c(CO)c1. The van der Waals surface area contributed by atoms with Crippen LogP contribution in [0.3, 0.4) is 0 Å². The molecule has 2 rings (SSSR count). The second kappa shape index (κ2) is 5.62. The zero-order chi connectivity index (χ0) is 14.0. The number of aliphatic hydroxyl groups is 1. The van der Waals surface area contributed by atoms with Gasteiger partial charge < -0.3 is 15.0 Å².